The third-order valence-corrected chi connectivity index (χ3v) is 6.56. The molecule has 168 valence electrons. The molecule has 0 saturated carbocycles. The van der Waals surface area contributed by atoms with Crippen LogP contribution in [-0.2, 0) is 6.42 Å². The lowest BCUT2D eigenvalue weighted by Crippen LogP contribution is -2.47. The fraction of sp³-hybridized carbons (Fsp3) is 0.250. The average Bonchev–Trinajstić information content (AvgIpc) is 2.86. The van der Waals surface area contributed by atoms with Crippen molar-refractivity contribution in [2.75, 3.05) is 28.4 Å². The number of fused-ring (bicyclic) bond motifs is 4. The normalized spacial score (nSPS) is 14.4. The van der Waals surface area contributed by atoms with Gasteiger partial charge in [0.15, 0.2) is 34.9 Å². The molecule has 0 N–H and O–H groups in total. The van der Waals surface area contributed by atoms with E-state index >= 15 is 0 Å². The summed E-state index contributed by atoms with van der Waals surface area (Å²) in [6.45, 7) is 2.11. The highest BCUT2D eigenvalue weighted by Crippen LogP contribution is 2.41. The number of ether oxygens (including phenoxy) is 4. The Kier molecular flexibility index (Phi) is 5.33. The Hall–Kier alpha value is -3.73. The van der Waals surface area contributed by atoms with Gasteiger partial charge < -0.3 is 18.9 Å². The van der Waals surface area contributed by atoms with E-state index in [0.29, 0.717) is 0 Å². The van der Waals surface area contributed by atoms with Crippen LogP contribution in [0.15, 0.2) is 60.8 Å². The van der Waals surface area contributed by atoms with Gasteiger partial charge in [-0.25, -0.2) is 0 Å². The third kappa shape index (κ3) is 3.44. The Morgan fingerprint density at radius 2 is 1.33 bits per heavy atom. The molecule has 0 amide bonds. The van der Waals surface area contributed by atoms with Gasteiger partial charge in [-0.2, -0.15) is 4.57 Å². The molecule has 0 spiro atoms. The highest BCUT2D eigenvalue weighted by atomic mass is 16.5. The molecule has 1 aliphatic heterocycles. The van der Waals surface area contributed by atoms with Gasteiger partial charge in [0, 0.05) is 17.2 Å². The van der Waals surface area contributed by atoms with Gasteiger partial charge in [-0.3, -0.25) is 0 Å². The Morgan fingerprint density at radius 1 is 0.727 bits per heavy atom. The van der Waals surface area contributed by atoms with Gasteiger partial charge in [0.05, 0.1) is 40.2 Å². The van der Waals surface area contributed by atoms with Crippen LogP contribution in [0, 0.1) is 6.92 Å². The van der Waals surface area contributed by atoms with E-state index in [0.717, 1.165) is 40.2 Å². The molecule has 1 unspecified atom stereocenters. The van der Waals surface area contributed by atoms with Gasteiger partial charge in [-0.05, 0) is 42.1 Å². The predicted octanol–water partition coefficient (Wildman–Crippen LogP) is 5.01. The summed E-state index contributed by atoms with van der Waals surface area (Å²) in [5.74, 6) is 2.94. The standard InChI is InChI=1S/C28H28NO4/c1-17-6-8-18(9-7-17)28-22-16-27(33-5)25(31-3)14-20(22)12-23-21-15-26(32-4)24(30-2)13-19(21)10-11-29(23)28/h6-11,13-16,28H,12H2,1-5H3/q+1. The Balaban J connectivity index is 1.80. The zero-order valence-electron chi connectivity index (χ0n) is 19.6. The smallest absolute Gasteiger partial charge is 0.209 e. The molecule has 1 aromatic heterocycles. The summed E-state index contributed by atoms with van der Waals surface area (Å²) in [5.41, 5.74) is 6.12. The van der Waals surface area contributed by atoms with Crippen LogP contribution in [0.5, 0.6) is 23.0 Å². The molecule has 0 bridgehead atoms. The van der Waals surface area contributed by atoms with Crippen molar-refractivity contribution in [2.24, 2.45) is 0 Å². The van der Waals surface area contributed by atoms with Crippen LogP contribution in [0.2, 0.25) is 0 Å². The SMILES string of the molecule is COc1cc2c(cc1OC)C(c1ccc(C)cc1)[n+]1ccc3cc(OC)c(OC)cc3c1C2. The predicted molar refractivity (Wildman–Crippen MR) is 128 cm³/mol. The Morgan fingerprint density at radius 3 is 2.00 bits per heavy atom. The van der Waals surface area contributed by atoms with Crippen molar-refractivity contribution < 1.29 is 23.5 Å². The molecule has 5 rings (SSSR count). The molecule has 5 nitrogen and oxygen atoms in total. The van der Waals surface area contributed by atoms with E-state index in [1.54, 1.807) is 28.4 Å². The van der Waals surface area contributed by atoms with E-state index in [4.69, 9.17) is 18.9 Å². The van der Waals surface area contributed by atoms with E-state index in [2.05, 4.69) is 66.2 Å². The highest BCUT2D eigenvalue weighted by Gasteiger charge is 2.36. The van der Waals surface area contributed by atoms with Crippen molar-refractivity contribution in [2.45, 2.75) is 19.4 Å². The quantitative estimate of drug-likeness (QED) is 0.359. The van der Waals surface area contributed by atoms with Crippen LogP contribution >= 0.6 is 0 Å². The summed E-state index contributed by atoms with van der Waals surface area (Å²) in [4.78, 5) is 0. The highest BCUT2D eigenvalue weighted by molar-refractivity contribution is 5.87. The lowest BCUT2D eigenvalue weighted by Gasteiger charge is -2.26. The lowest BCUT2D eigenvalue weighted by atomic mass is 9.86. The number of benzene rings is 3. The van der Waals surface area contributed by atoms with Crippen LogP contribution in [0.3, 0.4) is 0 Å². The van der Waals surface area contributed by atoms with Gasteiger partial charge in [0.25, 0.3) is 0 Å². The summed E-state index contributed by atoms with van der Waals surface area (Å²) >= 11 is 0. The second kappa shape index (κ2) is 8.32. The minimum atomic E-state index is 0.0154. The summed E-state index contributed by atoms with van der Waals surface area (Å²) in [6, 6.07) is 19.3. The molecule has 0 fully saturated rings. The first kappa shape index (κ1) is 21.1. The maximum atomic E-state index is 5.65. The molecule has 0 aliphatic carbocycles. The van der Waals surface area contributed by atoms with E-state index in [1.807, 2.05) is 6.07 Å². The molecule has 0 radical (unpaired) electrons. The topological polar surface area (TPSA) is 40.8 Å². The molecule has 3 aromatic carbocycles. The number of pyridine rings is 1. The van der Waals surface area contributed by atoms with Crippen LogP contribution in [0.1, 0.15) is 34.0 Å². The summed E-state index contributed by atoms with van der Waals surface area (Å²) in [7, 11) is 6.70. The summed E-state index contributed by atoms with van der Waals surface area (Å²) < 4.78 is 24.8. The van der Waals surface area contributed by atoms with Crippen molar-refractivity contribution in [3.8, 4) is 23.0 Å². The molecule has 4 aromatic rings. The van der Waals surface area contributed by atoms with Crippen LogP contribution in [0.25, 0.3) is 10.8 Å². The first-order valence-electron chi connectivity index (χ1n) is 11.0. The van der Waals surface area contributed by atoms with E-state index in [-0.39, 0.29) is 6.04 Å². The second-order valence-corrected chi connectivity index (χ2v) is 8.36. The van der Waals surface area contributed by atoms with Crippen LogP contribution in [-0.4, -0.2) is 28.4 Å². The first-order chi connectivity index (χ1) is 16.1. The largest absolute Gasteiger partial charge is 0.493 e. The van der Waals surface area contributed by atoms with Crippen LogP contribution < -0.4 is 23.5 Å². The van der Waals surface area contributed by atoms with Gasteiger partial charge in [0.2, 0.25) is 6.04 Å². The molecule has 5 heteroatoms. The van der Waals surface area contributed by atoms with Crippen molar-refractivity contribution in [3.63, 3.8) is 0 Å². The van der Waals surface area contributed by atoms with Gasteiger partial charge in [-0.1, -0.05) is 29.8 Å². The molecular weight excluding hydrogens is 414 g/mol. The van der Waals surface area contributed by atoms with Crippen LogP contribution in [0.4, 0.5) is 0 Å². The van der Waals surface area contributed by atoms with Crippen molar-refractivity contribution in [1.29, 1.82) is 0 Å². The number of rotatable bonds is 5. The van der Waals surface area contributed by atoms with Crippen molar-refractivity contribution in [3.05, 3.63) is 88.7 Å². The summed E-state index contributed by atoms with van der Waals surface area (Å²) in [5, 5.41) is 2.26. The lowest BCUT2D eigenvalue weighted by molar-refractivity contribution is -0.712. The van der Waals surface area contributed by atoms with Crippen molar-refractivity contribution >= 4 is 10.8 Å². The number of nitrogens with zero attached hydrogens (tertiary/aromatic N) is 1. The monoisotopic (exact) mass is 442 g/mol. The first-order valence-corrected chi connectivity index (χ1v) is 11.0. The molecule has 1 aliphatic rings. The van der Waals surface area contributed by atoms with Crippen molar-refractivity contribution in [1.82, 2.24) is 0 Å². The minimum absolute atomic E-state index is 0.0154. The molecule has 2 heterocycles. The average molecular weight is 443 g/mol. The molecule has 0 saturated heterocycles. The van der Waals surface area contributed by atoms with Gasteiger partial charge in [0.1, 0.15) is 0 Å². The fourth-order valence-corrected chi connectivity index (χ4v) is 4.86. The maximum absolute atomic E-state index is 5.65. The second-order valence-electron chi connectivity index (χ2n) is 8.36. The maximum Gasteiger partial charge on any atom is 0.209 e. The molecule has 33 heavy (non-hydrogen) atoms. The number of methoxy groups -OCH3 is 4. The number of aryl methyl sites for hydroxylation is 1. The molecular formula is C28H28NO4+. The fourth-order valence-electron chi connectivity index (χ4n) is 4.86. The summed E-state index contributed by atoms with van der Waals surface area (Å²) in [6.07, 6.45) is 2.94. The Bertz CT molecular complexity index is 1340. The third-order valence-electron chi connectivity index (χ3n) is 6.56. The number of hydrogen-bond acceptors (Lipinski definition) is 4. The van der Waals surface area contributed by atoms with Gasteiger partial charge in [-0.15, -0.1) is 0 Å². The zero-order valence-corrected chi connectivity index (χ0v) is 19.6. The van der Waals surface area contributed by atoms with E-state index in [9.17, 15) is 0 Å². The molecule has 1 atom stereocenters. The van der Waals surface area contributed by atoms with E-state index < -0.39 is 0 Å². The van der Waals surface area contributed by atoms with Gasteiger partial charge >= 0.3 is 0 Å². The Labute approximate surface area is 194 Å². The van der Waals surface area contributed by atoms with E-state index in [1.165, 1.54) is 27.9 Å². The number of aromatic nitrogens is 1. The zero-order chi connectivity index (χ0) is 23.1. The minimum Gasteiger partial charge on any atom is -0.493 e. The number of hydrogen-bond donors (Lipinski definition) is 0.